The molecule has 132 valence electrons. The van der Waals surface area contributed by atoms with E-state index in [9.17, 15) is 9.59 Å². The Hall–Kier alpha value is -1.88. The zero-order valence-electron chi connectivity index (χ0n) is 14.9. The molecule has 24 heavy (non-hydrogen) atoms. The second-order valence-corrected chi connectivity index (χ2v) is 7.00. The summed E-state index contributed by atoms with van der Waals surface area (Å²) in [5.74, 6) is 0.458. The number of rotatable bonds is 6. The summed E-state index contributed by atoms with van der Waals surface area (Å²) in [5, 5.41) is 5.96. The first-order valence-electron chi connectivity index (χ1n) is 8.85. The number of carbonyl (C=O) groups is 2. The molecule has 5 heteroatoms. The largest absolute Gasteiger partial charge is 0.354 e. The molecule has 1 aromatic carbocycles. The van der Waals surface area contributed by atoms with Gasteiger partial charge in [0.2, 0.25) is 11.8 Å². The number of piperidine rings is 1. The Morgan fingerprint density at radius 3 is 2.58 bits per heavy atom. The van der Waals surface area contributed by atoms with Gasteiger partial charge in [0.1, 0.15) is 0 Å². The lowest BCUT2D eigenvalue weighted by Gasteiger charge is -2.35. The molecular formula is C19H29N3O2. The Morgan fingerprint density at radius 1 is 1.21 bits per heavy atom. The fourth-order valence-electron chi connectivity index (χ4n) is 2.96. The highest BCUT2D eigenvalue weighted by molar-refractivity contribution is 5.92. The zero-order valence-corrected chi connectivity index (χ0v) is 14.9. The number of hydrogen-bond acceptors (Lipinski definition) is 3. The number of anilines is 1. The molecule has 1 aliphatic heterocycles. The molecule has 0 radical (unpaired) electrons. The van der Waals surface area contributed by atoms with Crippen LogP contribution in [0.15, 0.2) is 30.3 Å². The first-order chi connectivity index (χ1) is 11.5. The topological polar surface area (TPSA) is 61.4 Å². The minimum absolute atomic E-state index is 0.0423. The predicted molar refractivity (Wildman–Crippen MR) is 96.7 cm³/mol. The van der Waals surface area contributed by atoms with Crippen LogP contribution in [0.1, 0.15) is 33.6 Å². The van der Waals surface area contributed by atoms with Gasteiger partial charge < -0.3 is 10.6 Å². The van der Waals surface area contributed by atoms with Crippen molar-refractivity contribution in [1.82, 2.24) is 10.2 Å². The molecular weight excluding hydrogens is 302 g/mol. The maximum absolute atomic E-state index is 12.5. The minimum atomic E-state index is -0.198. The monoisotopic (exact) mass is 331 g/mol. The third-order valence-corrected chi connectivity index (χ3v) is 4.48. The van der Waals surface area contributed by atoms with Crippen molar-refractivity contribution in [2.45, 2.75) is 39.7 Å². The average Bonchev–Trinajstić information content (AvgIpc) is 2.60. The van der Waals surface area contributed by atoms with Crippen LogP contribution in [0.2, 0.25) is 0 Å². The van der Waals surface area contributed by atoms with Crippen molar-refractivity contribution >= 4 is 17.5 Å². The lowest BCUT2D eigenvalue weighted by atomic mass is 9.95. The normalized spacial score (nSPS) is 19.8. The van der Waals surface area contributed by atoms with Crippen LogP contribution < -0.4 is 10.6 Å². The van der Waals surface area contributed by atoms with Crippen LogP contribution in [0.4, 0.5) is 5.69 Å². The highest BCUT2D eigenvalue weighted by Gasteiger charge is 2.30. The van der Waals surface area contributed by atoms with Gasteiger partial charge in [-0.2, -0.15) is 0 Å². The van der Waals surface area contributed by atoms with Crippen LogP contribution in [0.3, 0.4) is 0 Å². The minimum Gasteiger partial charge on any atom is -0.354 e. The van der Waals surface area contributed by atoms with E-state index in [1.807, 2.05) is 37.3 Å². The molecule has 1 saturated heterocycles. The van der Waals surface area contributed by atoms with Gasteiger partial charge in [0, 0.05) is 18.8 Å². The first-order valence-corrected chi connectivity index (χ1v) is 8.85. The van der Waals surface area contributed by atoms with Gasteiger partial charge >= 0.3 is 0 Å². The van der Waals surface area contributed by atoms with Crippen molar-refractivity contribution < 1.29 is 9.59 Å². The molecule has 1 aliphatic rings. The summed E-state index contributed by atoms with van der Waals surface area (Å²) in [6.07, 6.45) is 1.81. The fourth-order valence-corrected chi connectivity index (χ4v) is 2.96. The average molecular weight is 331 g/mol. The van der Waals surface area contributed by atoms with E-state index in [-0.39, 0.29) is 23.8 Å². The van der Waals surface area contributed by atoms with Gasteiger partial charge in [0.25, 0.3) is 0 Å². The summed E-state index contributed by atoms with van der Waals surface area (Å²) < 4.78 is 0. The number of amides is 2. The van der Waals surface area contributed by atoms with Crippen molar-refractivity contribution in [1.29, 1.82) is 0 Å². The van der Waals surface area contributed by atoms with Crippen molar-refractivity contribution in [2.75, 3.05) is 25.0 Å². The molecule has 1 aromatic rings. The summed E-state index contributed by atoms with van der Waals surface area (Å²) in [6.45, 7) is 8.27. The summed E-state index contributed by atoms with van der Waals surface area (Å²) in [4.78, 5) is 26.9. The van der Waals surface area contributed by atoms with Crippen molar-refractivity contribution in [2.24, 2.45) is 11.8 Å². The Balaban J connectivity index is 1.88. The maximum atomic E-state index is 12.5. The summed E-state index contributed by atoms with van der Waals surface area (Å²) in [5.41, 5.74) is 0.822. The number of likely N-dealkylation sites (tertiary alicyclic amines) is 1. The highest BCUT2D eigenvalue weighted by atomic mass is 16.2. The standard InChI is InChI=1S/C19H29N3O2/c1-14(2)12-20-18(23)15(3)22-11-7-8-16(13-22)19(24)21-17-9-5-4-6-10-17/h4-6,9-10,14-16H,7-8,11-13H2,1-3H3,(H,20,23)(H,21,24)/t15-,16-/m1/s1. The van der Waals surface area contributed by atoms with E-state index in [0.717, 1.165) is 25.1 Å². The molecule has 2 atom stereocenters. The van der Waals surface area contributed by atoms with Crippen LogP contribution in [-0.2, 0) is 9.59 Å². The molecule has 2 amide bonds. The van der Waals surface area contributed by atoms with E-state index < -0.39 is 0 Å². The maximum Gasteiger partial charge on any atom is 0.237 e. The molecule has 0 spiro atoms. The molecule has 0 aliphatic carbocycles. The van der Waals surface area contributed by atoms with Crippen LogP contribution in [-0.4, -0.2) is 42.4 Å². The number of hydrogen-bond donors (Lipinski definition) is 2. The van der Waals surface area contributed by atoms with E-state index in [2.05, 4.69) is 29.4 Å². The van der Waals surface area contributed by atoms with Gasteiger partial charge in [-0.15, -0.1) is 0 Å². The van der Waals surface area contributed by atoms with Crippen molar-refractivity contribution in [3.05, 3.63) is 30.3 Å². The molecule has 2 N–H and O–H groups in total. The van der Waals surface area contributed by atoms with E-state index in [1.54, 1.807) is 0 Å². The summed E-state index contributed by atoms with van der Waals surface area (Å²) in [7, 11) is 0. The number of para-hydroxylation sites is 1. The number of benzene rings is 1. The van der Waals surface area contributed by atoms with E-state index in [4.69, 9.17) is 0 Å². The Kier molecular flexibility index (Phi) is 6.79. The number of nitrogens with zero attached hydrogens (tertiary/aromatic N) is 1. The molecule has 0 bridgehead atoms. The molecule has 5 nitrogen and oxygen atoms in total. The van der Waals surface area contributed by atoms with Gasteiger partial charge in [0.05, 0.1) is 12.0 Å². The zero-order chi connectivity index (χ0) is 17.5. The summed E-state index contributed by atoms with van der Waals surface area (Å²) >= 11 is 0. The smallest absolute Gasteiger partial charge is 0.237 e. The number of nitrogens with one attached hydrogen (secondary N) is 2. The molecule has 0 unspecified atom stereocenters. The second-order valence-electron chi connectivity index (χ2n) is 7.00. The van der Waals surface area contributed by atoms with Crippen molar-refractivity contribution in [3.8, 4) is 0 Å². The van der Waals surface area contributed by atoms with E-state index >= 15 is 0 Å². The first kappa shape index (κ1) is 18.5. The van der Waals surface area contributed by atoms with E-state index in [0.29, 0.717) is 19.0 Å². The van der Waals surface area contributed by atoms with Crippen LogP contribution in [0.5, 0.6) is 0 Å². The fraction of sp³-hybridized carbons (Fsp3) is 0.579. The number of carbonyl (C=O) groups excluding carboxylic acids is 2. The lowest BCUT2D eigenvalue weighted by molar-refractivity contribution is -0.129. The third-order valence-electron chi connectivity index (χ3n) is 4.48. The second kappa shape index (κ2) is 8.83. The third kappa shape index (κ3) is 5.34. The Morgan fingerprint density at radius 2 is 1.92 bits per heavy atom. The van der Waals surface area contributed by atoms with Crippen molar-refractivity contribution in [3.63, 3.8) is 0 Å². The predicted octanol–water partition coefficient (Wildman–Crippen LogP) is 2.50. The SMILES string of the molecule is CC(C)CNC(=O)[C@@H](C)N1CCC[C@@H](C(=O)Nc2ccccc2)C1. The van der Waals surface area contributed by atoms with Gasteiger partial charge in [-0.3, -0.25) is 14.5 Å². The van der Waals surface area contributed by atoms with Gasteiger partial charge in [0.15, 0.2) is 0 Å². The van der Waals surface area contributed by atoms with Gasteiger partial charge in [-0.25, -0.2) is 0 Å². The lowest BCUT2D eigenvalue weighted by Crippen LogP contribution is -2.51. The van der Waals surface area contributed by atoms with Gasteiger partial charge in [-0.1, -0.05) is 32.0 Å². The molecule has 1 fully saturated rings. The van der Waals surface area contributed by atoms with Crippen LogP contribution in [0, 0.1) is 11.8 Å². The Labute approximate surface area is 144 Å². The highest BCUT2D eigenvalue weighted by Crippen LogP contribution is 2.20. The Bertz CT molecular complexity index is 545. The van der Waals surface area contributed by atoms with Crippen LogP contribution >= 0.6 is 0 Å². The van der Waals surface area contributed by atoms with E-state index in [1.165, 1.54) is 0 Å². The van der Waals surface area contributed by atoms with Gasteiger partial charge in [-0.05, 0) is 44.4 Å². The molecule has 1 heterocycles. The molecule has 0 saturated carbocycles. The summed E-state index contributed by atoms with van der Waals surface area (Å²) in [6, 6.07) is 9.32. The molecule has 0 aromatic heterocycles. The molecule has 2 rings (SSSR count). The van der Waals surface area contributed by atoms with Crippen LogP contribution in [0.25, 0.3) is 0 Å². The quantitative estimate of drug-likeness (QED) is 0.842.